The number of rotatable bonds is 4. The molecule has 1 saturated heterocycles. The predicted octanol–water partition coefficient (Wildman–Crippen LogP) is 7.28. The molecule has 1 aromatic heterocycles. The van der Waals surface area contributed by atoms with Crippen LogP contribution in [-0.2, 0) is 11.3 Å². The highest BCUT2D eigenvalue weighted by Crippen LogP contribution is 2.36. The third-order valence-corrected chi connectivity index (χ3v) is 6.14. The number of imide groups is 1. The van der Waals surface area contributed by atoms with Crippen molar-refractivity contribution >= 4 is 63.8 Å². The third kappa shape index (κ3) is 4.27. The maximum Gasteiger partial charge on any atom is 0.293 e. The fraction of sp³-hybridized carbons (Fsp3) is 0.0476. The van der Waals surface area contributed by atoms with Gasteiger partial charge < -0.3 is 4.42 Å². The number of nitrogens with zero attached hydrogens (tertiary/aromatic N) is 1. The van der Waals surface area contributed by atoms with Gasteiger partial charge in [-0.15, -0.1) is 0 Å². The third-order valence-electron chi connectivity index (χ3n) is 4.31. The Labute approximate surface area is 190 Å². The summed E-state index contributed by atoms with van der Waals surface area (Å²) < 4.78 is 19.0. The smallest absolute Gasteiger partial charge is 0.293 e. The molecular weight excluding hydrogens is 472 g/mol. The van der Waals surface area contributed by atoms with Crippen molar-refractivity contribution in [3.8, 4) is 11.3 Å². The van der Waals surface area contributed by atoms with E-state index >= 15 is 0 Å². The lowest BCUT2D eigenvalue weighted by Crippen LogP contribution is -2.27. The van der Waals surface area contributed by atoms with Gasteiger partial charge in [0, 0.05) is 21.7 Å². The molecule has 0 saturated carbocycles. The Kier molecular flexibility index (Phi) is 5.93. The Balaban J connectivity index is 1.56. The minimum Gasteiger partial charge on any atom is -0.457 e. The molecule has 0 atom stereocenters. The molecule has 1 fully saturated rings. The van der Waals surface area contributed by atoms with Gasteiger partial charge in [0.05, 0.1) is 16.5 Å². The predicted molar refractivity (Wildman–Crippen MR) is 117 cm³/mol. The molecule has 4 nitrogen and oxygen atoms in total. The lowest BCUT2D eigenvalue weighted by molar-refractivity contribution is -0.123. The summed E-state index contributed by atoms with van der Waals surface area (Å²) in [5.74, 6) is -0.118. The van der Waals surface area contributed by atoms with E-state index in [2.05, 4.69) is 0 Å². The number of furan rings is 1. The molecule has 0 bridgehead atoms. The second kappa shape index (κ2) is 8.47. The van der Waals surface area contributed by atoms with Crippen LogP contribution in [0.3, 0.4) is 0 Å². The van der Waals surface area contributed by atoms with Gasteiger partial charge in [-0.1, -0.05) is 40.9 Å². The van der Waals surface area contributed by atoms with Crippen molar-refractivity contribution in [1.29, 1.82) is 0 Å². The number of amides is 2. The van der Waals surface area contributed by atoms with Gasteiger partial charge in [0.25, 0.3) is 11.1 Å². The summed E-state index contributed by atoms with van der Waals surface area (Å²) in [4.78, 5) is 26.3. The monoisotopic (exact) mass is 481 g/mol. The summed E-state index contributed by atoms with van der Waals surface area (Å²) in [6, 6.07) is 12.2. The van der Waals surface area contributed by atoms with E-state index in [1.54, 1.807) is 30.3 Å². The number of carbonyl (C=O) groups is 2. The van der Waals surface area contributed by atoms with E-state index in [0.717, 1.165) is 22.7 Å². The SMILES string of the molecule is O=C1S/C(=C/c2ccc(-c3cc(Cl)ccc3Cl)o2)C(=O)N1Cc1ccc(F)cc1Cl. The van der Waals surface area contributed by atoms with Gasteiger partial charge in [0.1, 0.15) is 17.3 Å². The van der Waals surface area contributed by atoms with Crippen LogP contribution in [0.15, 0.2) is 57.9 Å². The number of thioether (sulfide) groups is 1. The lowest BCUT2D eigenvalue weighted by Gasteiger charge is -2.13. The molecule has 0 radical (unpaired) electrons. The standard InChI is InChI=1S/C21H11Cl3FNO3S/c22-12-2-5-16(23)15(7-12)18-6-4-14(29-18)9-19-20(27)26(21(28)30-19)10-11-1-3-13(25)8-17(11)24/h1-9H,10H2/b19-9+. The molecule has 2 heterocycles. The van der Waals surface area contributed by atoms with Crippen LogP contribution in [0.5, 0.6) is 0 Å². The molecule has 0 unspecified atom stereocenters. The van der Waals surface area contributed by atoms with Gasteiger partial charge in [-0.2, -0.15) is 0 Å². The number of benzene rings is 2. The molecule has 2 aromatic carbocycles. The quantitative estimate of drug-likeness (QED) is 0.367. The van der Waals surface area contributed by atoms with E-state index in [0.29, 0.717) is 32.7 Å². The summed E-state index contributed by atoms with van der Waals surface area (Å²) in [6.07, 6.45) is 1.49. The molecular formula is C21H11Cl3FNO3S. The molecule has 30 heavy (non-hydrogen) atoms. The largest absolute Gasteiger partial charge is 0.457 e. The van der Waals surface area contributed by atoms with Crippen LogP contribution in [0.4, 0.5) is 9.18 Å². The molecule has 0 aliphatic carbocycles. The second-order valence-corrected chi connectivity index (χ2v) is 8.57. The average molecular weight is 483 g/mol. The maximum absolute atomic E-state index is 13.2. The van der Waals surface area contributed by atoms with E-state index in [9.17, 15) is 14.0 Å². The summed E-state index contributed by atoms with van der Waals surface area (Å²) in [7, 11) is 0. The van der Waals surface area contributed by atoms with E-state index in [4.69, 9.17) is 39.2 Å². The first kappa shape index (κ1) is 21.0. The Morgan fingerprint density at radius 1 is 1.00 bits per heavy atom. The fourth-order valence-corrected chi connectivity index (χ4v) is 4.28. The van der Waals surface area contributed by atoms with Crippen molar-refractivity contribution in [1.82, 2.24) is 4.90 Å². The van der Waals surface area contributed by atoms with E-state index in [1.165, 1.54) is 18.2 Å². The van der Waals surface area contributed by atoms with Crippen LogP contribution in [0.25, 0.3) is 17.4 Å². The van der Waals surface area contributed by atoms with Crippen LogP contribution < -0.4 is 0 Å². The highest BCUT2D eigenvalue weighted by molar-refractivity contribution is 8.18. The Morgan fingerprint density at radius 2 is 1.80 bits per heavy atom. The van der Waals surface area contributed by atoms with Gasteiger partial charge in [-0.05, 0) is 59.8 Å². The van der Waals surface area contributed by atoms with Gasteiger partial charge >= 0.3 is 0 Å². The van der Waals surface area contributed by atoms with Gasteiger partial charge in [-0.25, -0.2) is 4.39 Å². The summed E-state index contributed by atoms with van der Waals surface area (Å²) in [5, 5.41) is 0.674. The molecule has 2 amide bonds. The highest BCUT2D eigenvalue weighted by atomic mass is 35.5. The zero-order valence-corrected chi connectivity index (χ0v) is 18.1. The molecule has 0 spiro atoms. The van der Waals surface area contributed by atoms with Gasteiger partial charge in [-0.3, -0.25) is 14.5 Å². The first-order chi connectivity index (χ1) is 14.3. The maximum atomic E-state index is 13.2. The van der Waals surface area contributed by atoms with Crippen LogP contribution in [-0.4, -0.2) is 16.0 Å². The van der Waals surface area contributed by atoms with Crippen molar-refractivity contribution in [2.75, 3.05) is 0 Å². The first-order valence-electron chi connectivity index (χ1n) is 8.56. The molecule has 1 aliphatic heterocycles. The minimum atomic E-state index is -0.494. The Morgan fingerprint density at radius 3 is 2.57 bits per heavy atom. The number of hydrogen-bond donors (Lipinski definition) is 0. The summed E-state index contributed by atoms with van der Waals surface area (Å²) in [6.45, 7) is -0.0529. The Bertz CT molecular complexity index is 1210. The lowest BCUT2D eigenvalue weighted by atomic mass is 10.2. The van der Waals surface area contributed by atoms with E-state index in [1.807, 2.05) is 0 Å². The van der Waals surface area contributed by atoms with Crippen LogP contribution >= 0.6 is 46.6 Å². The number of carbonyl (C=O) groups excluding carboxylic acids is 2. The van der Waals surface area contributed by atoms with Gasteiger partial charge in [0.15, 0.2) is 0 Å². The summed E-state index contributed by atoms with van der Waals surface area (Å²) >= 11 is 19.0. The van der Waals surface area contributed by atoms with Crippen LogP contribution in [0, 0.1) is 5.82 Å². The minimum absolute atomic E-state index is 0.0529. The van der Waals surface area contributed by atoms with E-state index in [-0.39, 0.29) is 16.5 Å². The average Bonchev–Trinajstić information content (AvgIpc) is 3.26. The van der Waals surface area contributed by atoms with Crippen molar-refractivity contribution in [2.24, 2.45) is 0 Å². The van der Waals surface area contributed by atoms with Crippen molar-refractivity contribution in [2.45, 2.75) is 6.54 Å². The van der Waals surface area contributed by atoms with Crippen molar-refractivity contribution in [3.63, 3.8) is 0 Å². The molecule has 0 N–H and O–H groups in total. The molecule has 4 rings (SSSR count). The normalized spacial score (nSPS) is 15.5. The zero-order chi connectivity index (χ0) is 21.4. The molecule has 3 aromatic rings. The van der Waals surface area contributed by atoms with Crippen LogP contribution in [0.2, 0.25) is 15.1 Å². The topological polar surface area (TPSA) is 50.5 Å². The second-order valence-electron chi connectivity index (χ2n) is 6.33. The summed E-state index contributed by atoms with van der Waals surface area (Å²) in [5.41, 5.74) is 1.08. The molecule has 1 aliphatic rings. The van der Waals surface area contributed by atoms with Gasteiger partial charge in [0.2, 0.25) is 0 Å². The van der Waals surface area contributed by atoms with Crippen molar-refractivity contribution < 1.29 is 18.4 Å². The Hall–Kier alpha value is -2.25. The first-order valence-corrected chi connectivity index (χ1v) is 10.5. The van der Waals surface area contributed by atoms with E-state index < -0.39 is 17.0 Å². The van der Waals surface area contributed by atoms with Crippen molar-refractivity contribution in [3.05, 3.63) is 85.6 Å². The molecule has 9 heteroatoms. The highest BCUT2D eigenvalue weighted by Gasteiger charge is 2.35. The zero-order valence-electron chi connectivity index (χ0n) is 15.0. The number of hydrogen-bond acceptors (Lipinski definition) is 4. The number of halogens is 4. The molecule has 152 valence electrons. The fourth-order valence-electron chi connectivity index (χ4n) is 2.85. The van der Waals surface area contributed by atoms with Crippen LogP contribution in [0.1, 0.15) is 11.3 Å².